The van der Waals surface area contributed by atoms with Crippen LogP contribution in [0.3, 0.4) is 0 Å². The molecule has 0 saturated heterocycles. The van der Waals surface area contributed by atoms with E-state index >= 15 is 0 Å². The van der Waals surface area contributed by atoms with E-state index in [4.69, 9.17) is 37.0 Å². The molecule has 2 N–H and O–H groups in total. The number of halogens is 1. The third kappa shape index (κ3) is 116. The number of urea groups is 1. The summed E-state index contributed by atoms with van der Waals surface area (Å²) in [4.78, 5) is 89.3. The molecule has 0 radical (unpaired) electrons. The van der Waals surface area contributed by atoms with E-state index in [1.807, 2.05) is 21.1 Å². The fourth-order valence-electron chi connectivity index (χ4n) is 16.3. The molecule has 2 amide bonds. The van der Waals surface area contributed by atoms with Crippen LogP contribution in [0.4, 0.5) is 4.79 Å². The molecule has 0 fully saturated rings. The van der Waals surface area contributed by atoms with Gasteiger partial charge in [0.2, 0.25) is 0 Å². The van der Waals surface area contributed by atoms with Gasteiger partial charge in [0, 0.05) is 51.7 Å². The zero-order valence-corrected chi connectivity index (χ0v) is 97.0. The second-order valence-corrected chi connectivity index (χ2v) is 44.0. The summed E-state index contributed by atoms with van der Waals surface area (Å²) in [5, 5.41) is 12.8. The van der Waals surface area contributed by atoms with Crippen molar-refractivity contribution >= 4 is 45.6 Å². The molecule has 0 bridgehead atoms. The molecule has 0 aromatic heterocycles. The van der Waals surface area contributed by atoms with E-state index in [1.165, 1.54) is 366 Å². The topological polar surface area (TPSA) is 275 Å². The molecule has 5 unspecified atom stereocenters. The van der Waals surface area contributed by atoms with Crippen molar-refractivity contribution in [3.05, 3.63) is 0 Å². The molecule has 0 rings (SSSR count). The van der Waals surface area contributed by atoms with Gasteiger partial charge in [-0.05, 0) is 44.9 Å². The average molecular weight is 2050 g/mol. The van der Waals surface area contributed by atoms with E-state index in [-0.39, 0.29) is 104 Å². The molecule has 0 spiro atoms. The number of ether oxygens (including phenoxy) is 4. The Hall–Kier alpha value is -1.27. The molecule has 0 saturated carbocycles. The molecule has 5 atom stereocenters. The first-order valence-electron chi connectivity index (χ1n) is 56.8. The summed E-state index contributed by atoms with van der Waals surface area (Å²) < 4.78 is 67.1. The third-order valence-electron chi connectivity index (χ3n) is 25.3. The Bertz CT molecular complexity index is 2600. The maximum absolute atomic E-state index is 13.0. The number of hydrogen-bond donors (Lipinski definition) is 2. The van der Waals surface area contributed by atoms with Gasteiger partial charge in [-0.25, -0.2) is 4.79 Å². The van der Waals surface area contributed by atoms with Crippen LogP contribution < -0.4 is 61.6 Å². The number of quaternary nitrogens is 2. The van der Waals surface area contributed by atoms with E-state index < -0.39 is 71.7 Å². The zero-order valence-electron chi connectivity index (χ0n) is 91.7. The van der Waals surface area contributed by atoms with Gasteiger partial charge in [0.25, 0.3) is 15.6 Å². The Balaban J connectivity index is -0.000000627. The largest absolute Gasteiger partial charge is 1.00 e. The van der Waals surface area contributed by atoms with Crippen LogP contribution in [-0.4, -0.2) is 182 Å². The van der Waals surface area contributed by atoms with E-state index in [0.29, 0.717) is 30.3 Å². The van der Waals surface area contributed by atoms with Crippen LogP contribution in [0.15, 0.2) is 0 Å². The summed E-state index contributed by atoms with van der Waals surface area (Å²) in [6.45, 7) is 17.4. The number of phosphoric acid groups is 2. The smallest absolute Gasteiger partial charge is 1.00 e. The molecule has 808 valence electrons. The molecule has 0 aliphatic heterocycles. The van der Waals surface area contributed by atoms with E-state index in [9.17, 15) is 48.0 Å². The number of nitrogens with zero attached hydrogens (tertiary/aromatic N) is 3. The summed E-state index contributed by atoms with van der Waals surface area (Å²) >= 11 is 0. The van der Waals surface area contributed by atoms with Crippen molar-refractivity contribution in [1.29, 1.82) is 0 Å². The summed E-state index contributed by atoms with van der Waals surface area (Å²) in [5.74, 6) is -1.72. The van der Waals surface area contributed by atoms with Crippen molar-refractivity contribution in [3.8, 4) is 0 Å². The van der Waals surface area contributed by atoms with Crippen LogP contribution in [0.25, 0.3) is 0 Å². The number of nitrogens with one attached hydrogen (secondary N) is 1. The Morgan fingerprint density at radius 2 is 0.507 bits per heavy atom. The third-order valence-corrected chi connectivity index (χ3v) is 27.2. The van der Waals surface area contributed by atoms with E-state index in [0.717, 1.165) is 121 Å². The Morgan fingerprint density at radius 3 is 0.743 bits per heavy atom. The van der Waals surface area contributed by atoms with E-state index in [2.05, 4.69) is 72.9 Å². The second-order valence-electron chi connectivity index (χ2n) is 41.2. The maximum Gasteiger partial charge on any atom is 1.00 e. The van der Waals surface area contributed by atoms with Gasteiger partial charge in [0.05, 0.1) is 74.8 Å². The number of hydrogen-bond acceptors (Lipinski definition) is 18. The second kappa shape index (κ2) is 108. The van der Waals surface area contributed by atoms with Crippen LogP contribution in [0, 0.1) is 0 Å². The number of aliphatic hydroxyl groups excluding tert-OH is 1. The van der Waals surface area contributed by atoms with E-state index in [1.54, 1.807) is 6.92 Å². The van der Waals surface area contributed by atoms with Crippen molar-refractivity contribution in [3.63, 3.8) is 0 Å². The van der Waals surface area contributed by atoms with Gasteiger partial charge >= 0.3 is 59.5 Å². The molecule has 0 aliphatic carbocycles. The van der Waals surface area contributed by atoms with Gasteiger partial charge < -0.3 is 88.1 Å². The van der Waals surface area contributed by atoms with Gasteiger partial charge in [-0.1, -0.05) is 472 Å². The van der Waals surface area contributed by atoms with Gasteiger partial charge in [-0.3, -0.25) is 28.3 Å². The minimum atomic E-state index is -4.74. The number of carbonyl (C=O) groups is 5. The van der Waals surface area contributed by atoms with Crippen LogP contribution in [-0.2, 0) is 65.4 Å². The first-order valence-corrected chi connectivity index (χ1v) is 59.8. The van der Waals surface area contributed by atoms with Crippen molar-refractivity contribution in [1.82, 2.24) is 10.2 Å². The number of rotatable bonds is 102. The minimum Gasteiger partial charge on any atom is -1.00 e. The Labute approximate surface area is 872 Å². The molecule has 0 aromatic carbocycles. The van der Waals surface area contributed by atoms with Crippen molar-refractivity contribution in [2.24, 2.45) is 0 Å². The molecule has 26 heteroatoms. The Morgan fingerprint density at radius 1 is 0.294 bits per heavy atom. The number of amides is 2. The number of unbranched alkanes of at least 4 members (excludes halogenated alkanes) is 66. The maximum atomic E-state index is 13.0. The van der Waals surface area contributed by atoms with Gasteiger partial charge in [-0.15, -0.1) is 0 Å². The summed E-state index contributed by atoms with van der Waals surface area (Å²) in [5.41, 5.74) is 0. The zero-order chi connectivity index (χ0) is 99.5. The number of aliphatic hydroxyl groups is 1. The van der Waals surface area contributed by atoms with Crippen molar-refractivity contribution < 1.29 is 141 Å². The molecule has 0 aromatic rings. The molecule has 136 heavy (non-hydrogen) atoms. The van der Waals surface area contributed by atoms with Crippen LogP contribution >= 0.6 is 15.6 Å². The first kappa shape index (κ1) is 143. The van der Waals surface area contributed by atoms with Gasteiger partial charge in [0.1, 0.15) is 26.4 Å². The average Bonchev–Trinajstić information content (AvgIpc) is 0.892. The predicted octanol–water partition coefficient (Wildman–Crippen LogP) is 24.2. The number of esters is 4. The fourth-order valence-corrected chi connectivity index (χ4v) is 17.8. The molecular weight excluding hydrogens is 1830 g/mol. The minimum absolute atomic E-state index is 0. The first-order chi connectivity index (χ1) is 64.6. The monoisotopic (exact) mass is 2050 g/mol. The summed E-state index contributed by atoms with van der Waals surface area (Å²) in [6, 6.07) is 0.172. The Kier molecular flexibility index (Phi) is 114. The molecule has 0 aliphatic rings. The predicted molar refractivity (Wildman–Crippen MR) is 557 cm³/mol. The molecular formula is C110H222BrN4NaO18P2. The number of phosphoric ester groups is 2. The summed E-state index contributed by atoms with van der Waals surface area (Å²) in [6.07, 6.45) is 89.7. The van der Waals surface area contributed by atoms with Gasteiger partial charge in [-0.2, -0.15) is 0 Å². The normalized spacial score (nSPS) is 13.1. The van der Waals surface area contributed by atoms with Crippen LogP contribution in [0.5, 0.6) is 0 Å². The SMILES string of the molecule is CCCCCCCCCCCCCC(=O)OCC(COP(=O)([O-])OCC(O)CC)OC(=O)CCCCCCCCCCCCC.CCCCCCCCCCCCCC(=O)OCC(COP(=O)([O-])OCC[N+](C)(C)C)OC(=O)CCCCCCCCCCCCC.CCCCCCCCCCCCCCCCN(CCCCCCCCCCCCCCCC)C(=O)NCCC[N+](C)(C)C.[Br-].[Na+]. The van der Waals surface area contributed by atoms with Crippen molar-refractivity contribution in [2.75, 3.05) is 115 Å². The van der Waals surface area contributed by atoms with Crippen LogP contribution in [0.1, 0.15) is 549 Å². The summed E-state index contributed by atoms with van der Waals surface area (Å²) in [7, 11) is 3.10. The standard InChI is InChI=1S/C39H81N3O.C36H72NO8P.C35H69O9P.BrH.Na/c1-6-8-10-12-14-16-18-20-22-24-26-28-30-32-36-41(39(43)40-35-34-38-42(3,4)5)37-33-31-29-27-25-23-21-19-17-15-13-11-9-7-2;1-6-8-10-12-14-16-18-20-22-24-26-28-35(38)42-32-34(33-44-46(40,41)43-31-30-37(3,4)5)45-36(39)29-27-25-23-21-19-17-15-13-11-9-7-2;1-4-7-9-11-13-15-17-19-21-23-25-27-34(37)41-30-33(31-43-45(39,40)42-29-32(36)6-3)44-35(38)28-26-24-22-20-18-16-14-12-10-8-5-2;;/h6-38H2,1-5H3;34H,6-33H2,1-5H3;32-33,36H,4-31H2,1-3H3,(H,39,40);1H;/q;;;;+1/p-1. The number of likely N-dealkylation sites (N-methyl/N-ethyl adjacent to an activating group) is 1. The number of carbonyl (C=O) groups excluding carboxylic acids is 5. The molecule has 0 heterocycles. The van der Waals surface area contributed by atoms with Crippen LogP contribution in [0.2, 0.25) is 0 Å². The quantitative estimate of drug-likeness (QED) is 0.0143. The van der Waals surface area contributed by atoms with Crippen molar-refractivity contribution in [2.45, 2.75) is 568 Å². The molecule has 22 nitrogen and oxygen atoms in total. The van der Waals surface area contributed by atoms with Gasteiger partial charge in [0.15, 0.2) is 12.2 Å². The fraction of sp³-hybridized carbons (Fsp3) is 0.955.